The highest BCUT2D eigenvalue weighted by atomic mass is 32.2. The van der Waals surface area contributed by atoms with Crippen LogP contribution in [-0.2, 0) is 0 Å². The van der Waals surface area contributed by atoms with E-state index in [1.165, 1.54) is 6.07 Å². The standard InChI is InChI=1S/C8H3F6S2/c9-7(10,11)15-5-3-1-2-4-6(5)16-8(12,13)14/h1-3H. The lowest BCUT2D eigenvalue weighted by molar-refractivity contribution is -0.0346. The van der Waals surface area contributed by atoms with Gasteiger partial charge in [-0.05, 0) is 35.7 Å². The van der Waals surface area contributed by atoms with E-state index in [0.29, 0.717) is 0 Å². The van der Waals surface area contributed by atoms with Crippen LogP contribution in [-0.4, -0.2) is 11.0 Å². The molecule has 1 rings (SSSR count). The molecule has 89 valence electrons. The number of rotatable bonds is 2. The monoisotopic (exact) mass is 277 g/mol. The number of alkyl halides is 6. The largest absolute Gasteiger partial charge is 0.446 e. The lowest BCUT2D eigenvalue weighted by Crippen LogP contribution is -2.03. The average molecular weight is 277 g/mol. The van der Waals surface area contributed by atoms with Gasteiger partial charge >= 0.3 is 11.0 Å². The molecule has 0 bridgehead atoms. The molecule has 1 aromatic carbocycles. The smallest absolute Gasteiger partial charge is 0.160 e. The molecular formula is C8H3F6S2. The Morgan fingerprint density at radius 2 is 1.50 bits per heavy atom. The maximum absolute atomic E-state index is 12.0. The van der Waals surface area contributed by atoms with Crippen LogP contribution >= 0.6 is 23.5 Å². The van der Waals surface area contributed by atoms with Crippen LogP contribution in [0, 0.1) is 6.07 Å². The van der Waals surface area contributed by atoms with Crippen LogP contribution in [0.25, 0.3) is 0 Å². The van der Waals surface area contributed by atoms with Gasteiger partial charge in [-0.15, -0.1) is 0 Å². The molecular weight excluding hydrogens is 274 g/mol. The summed E-state index contributed by atoms with van der Waals surface area (Å²) in [5, 5.41) is 0. The molecule has 0 atom stereocenters. The molecule has 0 fully saturated rings. The zero-order chi connectivity index (χ0) is 12.4. The van der Waals surface area contributed by atoms with E-state index < -0.39 is 44.3 Å². The number of hydrogen-bond donors (Lipinski definition) is 0. The second kappa shape index (κ2) is 4.79. The average Bonchev–Trinajstić information content (AvgIpc) is 2.03. The summed E-state index contributed by atoms with van der Waals surface area (Å²) in [5.41, 5.74) is -9.24. The summed E-state index contributed by atoms with van der Waals surface area (Å²) in [6.07, 6.45) is 0. The zero-order valence-electron chi connectivity index (χ0n) is 7.32. The summed E-state index contributed by atoms with van der Waals surface area (Å²) < 4.78 is 72.1. The topological polar surface area (TPSA) is 0 Å². The molecule has 0 amide bonds. The van der Waals surface area contributed by atoms with Gasteiger partial charge in [0.25, 0.3) is 0 Å². The van der Waals surface area contributed by atoms with Crippen molar-refractivity contribution in [3.63, 3.8) is 0 Å². The first-order chi connectivity index (χ1) is 7.17. The first kappa shape index (κ1) is 13.6. The van der Waals surface area contributed by atoms with Gasteiger partial charge in [0.2, 0.25) is 0 Å². The normalized spacial score (nSPS) is 12.9. The minimum absolute atomic E-state index is 0.502. The molecule has 0 heterocycles. The van der Waals surface area contributed by atoms with Crippen molar-refractivity contribution in [2.75, 3.05) is 0 Å². The van der Waals surface area contributed by atoms with E-state index in [9.17, 15) is 26.3 Å². The summed E-state index contributed by atoms with van der Waals surface area (Å²) in [4.78, 5) is -1.07. The Kier molecular flexibility index (Phi) is 4.06. The van der Waals surface area contributed by atoms with E-state index in [1.807, 2.05) is 0 Å². The van der Waals surface area contributed by atoms with Crippen molar-refractivity contribution < 1.29 is 26.3 Å². The Morgan fingerprint density at radius 1 is 0.938 bits per heavy atom. The molecule has 0 saturated carbocycles. The Labute approximate surface area is 95.4 Å². The molecule has 0 aliphatic carbocycles. The fraction of sp³-hybridized carbons (Fsp3) is 0.250. The maximum atomic E-state index is 12.0. The lowest BCUT2D eigenvalue weighted by Gasteiger charge is -2.11. The van der Waals surface area contributed by atoms with Crippen molar-refractivity contribution in [1.29, 1.82) is 0 Å². The quantitative estimate of drug-likeness (QED) is 0.567. The van der Waals surface area contributed by atoms with Gasteiger partial charge in [-0.3, -0.25) is 0 Å². The van der Waals surface area contributed by atoms with Crippen molar-refractivity contribution >= 4 is 23.5 Å². The van der Waals surface area contributed by atoms with E-state index in [-0.39, 0.29) is 0 Å². The Balaban J connectivity index is 2.92. The fourth-order valence-corrected chi connectivity index (χ4v) is 2.13. The maximum Gasteiger partial charge on any atom is 0.446 e. The number of benzene rings is 1. The van der Waals surface area contributed by atoms with Crippen molar-refractivity contribution in [2.45, 2.75) is 20.8 Å². The van der Waals surface area contributed by atoms with Crippen LogP contribution in [0.1, 0.15) is 0 Å². The van der Waals surface area contributed by atoms with Crippen molar-refractivity contribution in [3.8, 4) is 0 Å². The van der Waals surface area contributed by atoms with Crippen LogP contribution in [0.4, 0.5) is 26.3 Å². The second-order valence-electron chi connectivity index (χ2n) is 2.46. The Bertz CT molecular complexity index is 321. The van der Waals surface area contributed by atoms with Gasteiger partial charge < -0.3 is 0 Å². The number of thioether (sulfide) groups is 2. The molecule has 1 aromatic rings. The molecule has 0 N–H and O–H groups in total. The SMILES string of the molecule is FC(F)(F)Sc1[c]cccc1SC(F)(F)F. The fourth-order valence-electron chi connectivity index (χ4n) is 0.807. The second-order valence-corrected chi connectivity index (χ2v) is 4.64. The summed E-state index contributed by atoms with van der Waals surface area (Å²) in [6.45, 7) is 0. The Morgan fingerprint density at radius 3 is 2.00 bits per heavy atom. The first-order valence-corrected chi connectivity index (χ1v) is 5.33. The van der Waals surface area contributed by atoms with Crippen LogP contribution < -0.4 is 0 Å². The first-order valence-electron chi connectivity index (χ1n) is 3.69. The summed E-state index contributed by atoms with van der Waals surface area (Å²) in [7, 11) is 0. The molecule has 0 nitrogen and oxygen atoms in total. The van der Waals surface area contributed by atoms with Crippen LogP contribution in [0.5, 0.6) is 0 Å². The van der Waals surface area contributed by atoms with Gasteiger partial charge in [-0.1, -0.05) is 12.1 Å². The molecule has 16 heavy (non-hydrogen) atoms. The van der Waals surface area contributed by atoms with E-state index in [0.717, 1.165) is 12.1 Å². The molecule has 0 aliphatic heterocycles. The molecule has 0 saturated heterocycles. The van der Waals surface area contributed by atoms with Crippen LogP contribution in [0.15, 0.2) is 28.0 Å². The van der Waals surface area contributed by atoms with Crippen molar-refractivity contribution in [1.82, 2.24) is 0 Å². The third-order valence-electron chi connectivity index (χ3n) is 1.23. The molecule has 0 aliphatic rings. The van der Waals surface area contributed by atoms with Crippen molar-refractivity contribution in [2.24, 2.45) is 0 Å². The molecule has 8 heteroatoms. The minimum atomic E-state index is -4.63. The predicted octanol–water partition coefficient (Wildman–Crippen LogP) is 4.71. The highest BCUT2D eigenvalue weighted by Crippen LogP contribution is 2.45. The van der Waals surface area contributed by atoms with Gasteiger partial charge in [0.1, 0.15) is 0 Å². The molecule has 0 unspecified atom stereocenters. The van der Waals surface area contributed by atoms with Gasteiger partial charge in [0.15, 0.2) is 0 Å². The molecule has 0 spiro atoms. The van der Waals surface area contributed by atoms with E-state index in [2.05, 4.69) is 6.07 Å². The van der Waals surface area contributed by atoms with E-state index in [1.54, 1.807) is 0 Å². The highest BCUT2D eigenvalue weighted by Gasteiger charge is 2.34. The number of halogens is 6. The molecule has 1 radical (unpaired) electrons. The summed E-state index contributed by atoms with van der Waals surface area (Å²) in [5.74, 6) is 0. The summed E-state index contributed by atoms with van der Waals surface area (Å²) >= 11 is -1.19. The Hall–Kier alpha value is -0.500. The van der Waals surface area contributed by atoms with E-state index >= 15 is 0 Å². The zero-order valence-corrected chi connectivity index (χ0v) is 8.95. The van der Waals surface area contributed by atoms with Gasteiger partial charge in [-0.2, -0.15) is 26.3 Å². The lowest BCUT2D eigenvalue weighted by atomic mass is 10.4. The van der Waals surface area contributed by atoms with Gasteiger partial charge in [0.05, 0.1) is 0 Å². The number of hydrogen-bond acceptors (Lipinski definition) is 2. The third kappa shape index (κ3) is 5.02. The molecule has 0 aromatic heterocycles. The van der Waals surface area contributed by atoms with Gasteiger partial charge in [-0.25, -0.2) is 0 Å². The van der Waals surface area contributed by atoms with Crippen LogP contribution in [0.3, 0.4) is 0 Å². The van der Waals surface area contributed by atoms with Crippen LogP contribution in [0.2, 0.25) is 0 Å². The van der Waals surface area contributed by atoms with E-state index in [4.69, 9.17) is 0 Å². The summed E-state index contributed by atoms with van der Waals surface area (Å²) in [6, 6.07) is 5.45. The predicted molar refractivity (Wildman–Crippen MR) is 49.1 cm³/mol. The third-order valence-corrected chi connectivity index (χ3v) is 2.92. The minimum Gasteiger partial charge on any atom is -0.160 e. The van der Waals surface area contributed by atoms with Crippen molar-refractivity contribution in [3.05, 3.63) is 24.3 Å². The highest BCUT2D eigenvalue weighted by molar-refractivity contribution is 8.03. The van der Waals surface area contributed by atoms with Gasteiger partial charge in [0, 0.05) is 9.79 Å².